The summed E-state index contributed by atoms with van der Waals surface area (Å²) in [6.07, 6.45) is 1.57. The molecule has 0 saturated heterocycles. The van der Waals surface area contributed by atoms with Crippen molar-refractivity contribution in [1.82, 2.24) is 14.9 Å². The van der Waals surface area contributed by atoms with Crippen molar-refractivity contribution in [1.29, 1.82) is 0 Å². The molecule has 0 aliphatic carbocycles. The lowest BCUT2D eigenvalue weighted by Gasteiger charge is -2.04. The summed E-state index contributed by atoms with van der Waals surface area (Å²) in [6, 6.07) is 11.8. The lowest BCUT2D eigenvalue weighted by atomic mass is 10.2. The molecule has 0 bridgehead atoms. The topological polar surface area (TPSA) is 66.2 Å². The SMILES string of the molecule is Oc1cccc(/C=N/n2c(-c3ccc(Cl)cc3Cl)n[nH]c2=S)c1. The Morgan fingerprint density at radius 1 is 1.22 bits per heavy atom. The number of phenols is 1. The van der Waals surface area contributed by atoms with Crippen molar-refractivity contribution in [2.75, 3.05) is 0 Å². The van der Waals surface area contributed by atoms with Crippen molar-refractivity contribution < 1.29 is 5.11 Å². The van der Waals surface area contributed by atoms with E-state index in [0.29, 0.717) is 26.2 Å². The summed E-state index contributed by atoms with van der Waals surface area (Å²) in [5, 5.41) is 21.6. The second-order valence-corrected chi connectivity index (χ2v) is 5.86. The molecule has 0 aliphatic heterocycles. The maximum Gasteiger partial charge on any atom is 0.216 e. The van der Waals surface area contributed by atoms with Crippen molar-refractivity contribution in [3.05, 3.63) is 62.8 Å². The van der Waals surface area contributed by atoms with Crippen LogP contribution in [0.15, 0.2) is 47.6 Å². The number of nitrogens with zero attached hydrogens (tertiary/aromatic N) is 3. The monoisotopic (exact) mass is 364 g/mol. The Bertz CT molecular complexity index is 949. The number of aromatic hydroxyl groups is 1. The molecular weight excluding hydrogens is 355 g/mol. The van der Waals surface area contributed by atoms with Crippen LogP contribution in [0, 0.1) is 4.77 Å². The first-order valence-electron chi connectivity index (χ1n) is 6.51. The normalized spacial score (nSPS) is 11.2. The first kappa shape index (κ1) is 15.7. The number of halogens is 2. The molecule has 0 saturated carbocycles. The largest absolute Gasteiger partial charge is 0.508 e. The minimum absolute atomic E-state index is 0.158. The summed E-state index contributed by atoms with van der Waals surface area (Å²) in [5.74, 6) is 0.624. The van der Waals surface area contributed by atoms with Crippen LogP contribution in [-0.4, -0.2) is 26.2 Å². The first-order chi connectivity index (χ1) is 11.0. The molecule has 0 atom stereocenters. The van der Waals surface area contributed by atoms with E-state index in [1.54, 1.807) is 42.6 Å². The fourth-order valence-electron chi connectivity index (χ4n) is 1.97. The molecule has 2 N–H and O–H groups in total. The van der Waals surface area contributed by atoms with Gasteiger partial charge in [0.2, 0.25) is 4.77 Å². The van der Waals surface area contributed by atoms with E-state index in [1.165, 1.54) is 4.68 Å². The molecule has 0 fully saturated rings. The second kappa shape index (κ2) is 6.54. The van der Waals surface area contributed by atoms with Gasteiger partial charge in [-0.25, -0.2) is 5.10 Å². The summed E-state index contributed by atoms with van der Waals surface area (Å²) in [6.45, 7) is 0. The number of aromatic nitrogens is 3. The van der Waals surface area contributed by atoms with Crippen LogP contribution >= 0.6 is 35.4 Å². The Kier molecular flexibility index (Phi) is 4.47. The zero-order chi connectivity index (χ0) is 16.4. The number of nitrogens with one attached hydrogen (secondary N) is 1. The van der Waals surface area contributed by atoms with E-state index >= 15 is 0 Å². The Morgan fingerprint density at radius 3 is 2.78 bits per heavy atom. The fraction of sp³-hybridized carbons (Fsp3) is 0. The summed E-state index contributed by atoms with van der Waals surface area (Å²) in [5.41, 5.74) is 1.37. The van der Waals surface area contributed by atoms with Gasteiger partial charge in [0.1, 0.15) is 5.75 Å². The number of benzene rings is 2. The average Bonchev–Trinajstić information content (AvgIpc) is 2.86. The van der Waals surface area contributed by atoms with Gasteiger partial charge in [-0.1, -0.05) is 35.3 Å². The van der Waals surface area contributed by atoms with Crippen molar-refractivity contribution >= 4 is 41.6 Å². The molecule has 0 amide bonds. The first-order valence-corrected chi connectivity index (χ1v) is 7.67. The second-order valence-electron chi connectivity index (χ2n) is 4.63. The Hall–Kier alpha value is -2.15. The predicted octanol–water partition coefficient (Wildman–Crippen LogP) is 4.50. The van der Waals surface area contributed by atoms with Gasteiger partial charge in [0.25, 0.3) is 0 Å². The Balaban J connectivity index is 2.04. The van der Waals surface area contributed by atoms with Gasteiger partial charge in [0.15, 0.2) is 5.82 Å². The van der Waals surface area contributed by atoms with Crippen LogP contribution in [0.1, 0.15) is 5.56 Å². The molecule has 3 rings (SSSR count). The van der Waals surface area contributed by atoms with E-state index in [4.69, 9.17) is 35.4 Å². The minimum atomic E-state index is 0.158. The van der Waals surface area contributed by atoms with Gasteiger partial charge in [-0.05, 0) is 48.1 Å². The third-order valence-electron chi connectivity index (χ3n) is 3.01. The number of aromatic amines is 1. The van der Waals surface area contributed by atoms with Crippen LogP contribution in [0.4, 0.5) is 0 Å². The molecule has 23 heavy (non-hydrogen) atoms. The zero-order valence-electron chi connectivity index (χ0n) is 11.6. The van der Waals surface area contributed by atoms with E-state index < -0.39 is 0 Å². The lowest BCUT2D eigenvalue weighted by Crippen LogP contribution is -1.95. The number of hydrogen-bond donors (Lipinski definition) is 2. The summed E-state index contributed by atoms with van der Waals surface area (Å²) < 4.78 is 1.77. The number of rotatable bonds is 3. The molecule has 5 nitrogen and oxygen atoms in total. The van der Waals surface area contributed by atoms with Gasteiger partial charge >= 0.3 is 0 Å². The van der Waals surface area contributed by atoms with Crippen molar-refractivity contribution in [3.63, 3.8) is 0 Å². The summed E-state index contributed by atoms with van der Waals surface area (Å²) in [4.78, 5) is 0. The molecule has 1 heterocycles. The van der Waals surface area contributed by atoms with Crippen molar-refractivity contribution in [2.45, 2.75) is 0 Å². The van der Waals surface area contributed by atoms with Gasteiger partial charge in [-0.3, -0.25) is 0 Å². The highest BCUT2D eigenvalue weighted by Gasteiger charge is 2.12. The fourth-order valence-corrected chi connectivity index (χ4v) is 2.65. The van der Waals surface area contributed by atoms with Crippen LogP contribution in [0.5, 0.6) is 5.75 Å². The highest BCUT2D eigenvalue weighted by Crippen LogP contribution is 2.29. The molecule has 0 aliphatic rings. The summed E-state index contributed by atoms with van der Waals surface area (Å²) in [7, 11) is 0. The maximum atomic E-state index is 9.48. The number of H-pyrrole nitrogens is 1. The minimum Gasteiger partial charge on any atom is -0.508 e. The van der Waals surface area contributed by atoms with Gasteiger partial charge in [0.05, 0.1) is 11.2 Å². The van der Waals surface area contributed by atoms with Crippen LogP contribution in [0.3, 0.4) is 0 Å². The van der Waals surface area contributed by atoms with Crippen molar-refractivity contribution in [3.8, 4) is 17.1 Å². The Morgan fingerprint density at radius 2 is 2.04 bits per heavy atom. The molecule has 0 spiro atoms. The van der Waals surface area contributed by atoms with Crippen LogP contribution in [0.25, 0.3) is 11.4 Å². The maximum absolute atomic E-state index is 9.48. The third-order valence-corrected chi connectivity index (χ3v) is 3.83. The van der Waals surface area contributed by atoms with Gasteiger partial charge < -0.3 is 5.11 Å². The molecule has 0 radical (unpaired) electrons. The van der Waals surface area contributed by atoms with E-state index in [1.807, 2.05) is 6.07 Å². The standard InChI is InChI=1S/C15H10Cl2N4OS/c16-10-4-5-12(13(17)7-10)14-19-20-15(23)21(14)18-8-9-2-1-3-11(22)6-9/h1-8,22H,(H,20,23)/b18-8+. The Labute approximate surface area is 146 Å². The van der Waals surface area contributed by atoms with E-state index in [9.17, 15) is 5.11 Å². The molecule has 8 heteroatoms. The molecule has 0 unspecified atom stereocenters. The molecule has 2 aromatic carbocycles. The van der Waals surface area contributed by atoms with Crippen LogP contribution in [-0.2, 0) is 0 Å². The van der Waals surface area contributed by atoms with E-state index in [-0.39, 0.29) is 5.75 Å². The van der Waals surface area contributed by atoms with E-state index in [2.05, 4.69) is 15.3 Å². The van der Waals surface area contributed by atoms with Gasteiger partial charge in [0, 0.05) is 10.6 Å². The quantitative estimate of drug-likeness (QED) is 0.530. The van der Waals surface area contributed by atoms with Crippen LogP contribution < -0.4 is 0 Å². The third kappa shape index (κ3) is 3.44. The number of phenolic OH excluding ortho intramolecular Hbond substituents is 1. The average molecular weight is 365 g/mol. The van der Waals surface area contributed by atoms with E-state index in [0.717, 1.165) is 5.56 Å². The predicted molar refractivity (Wildman–Crippen MR) is 94.0 cm³/mol. The highest BCUT2D eigenvalue weighted by molar-refractivity contribution is 7.71. The lowest BCUT2D eigenvalue weighted by molar-refractivity contribution is 0.475. The smallest absolute Gasteiger partial charge is 0.216 e. The molecule has 116 valence electrons. The zero-order valence-corrected chi connectivity index (χ0v) is 13.9. The van der Waals surface area contributed by atoms with Crippen LogP contribution in [0.2, 0.25) is 10.0 Å². The summed E-state index contributed by atoms with van der Waals surface area (Å²) >= 11 is 17.3. The van der Waals surface area contributed by atoms with Gasteiger partial charge in [-0.15, -0.1) is 0 Å². The molecular formula is C15H10Cl2N4OS. The van der Waals surface area contributed by atoms with Gasteiger partial charge in [-0.2, -0.15) is 14.9 Å². The number of hydrogen-bond acceptors (Lipinski definition) is 4. The highest BCUT2D eigenvalue weighted by atomic mass is 35.5. The van der Waals surface area contributed by atoms with Crippen molar-refractivity contribution in [2.24, 2.45) is 5.10 Å². The molecule has 3 aromatic rings. The molecule has 1 aromatic heterocycles.